The first-order valence-corrected chi connectivity index (χ1v) is 30.8. The van der Waals surface area contributed by atoms with Crippen LogP contribution in [-0.2, 0) is 85.1 Å². The monoisotopic (exact) mass is 1390 g/mol. The second-order valence-corrected chi connectivity index (χ2v) is 22.6. The van der Waals surface area contributed by atoms with Gasteiger partial charge in [-0.05, 0) is 163 Å². The van der Waals surface area contributed by atoms with Gasteiger partial charge in [-0.3, -0.25) is 19.2 Å². The standard InChI is InChI=1S/2C37H40F4N4O2S/c1-4-43(5-2)18-19-44(22-26-6-10-28(11-7-26)29-12-14-30(15-13-29)37(39,40)41)34(46)23-45-33-21-25(3)20-32(33)35(47)42-36(45)48-24-27-8-16-31(38)17-9-27;1-4-43(5-2)19-20-44(22-26-9-13-28(14-10-26)29-15-18-32(25(3)21-29)37(39,40)41)34(46)23-45-33-8-6-7-31(33)35(47)42-36(45)48-24-27-11-16-30(38)17-12-27/h6-17,25H,4-5,18-24H2,1-3H3;9-18,21H,4-8,19-20,22-24H2,1-3H3/i4D2,5D2,18D2,19D2,20D2,21D2,23D2,25D;4D2,5D2,9D,10D,13D,14D,15D,18D,19D2,20D2,21D,23D2. The molecule has 0 bridgehead atoms. The van der Waals surface area contributed by atoms with Crippen LogP contribution in [0.4, 0.5) is 35.1 Å². The molecule has 0 saturated heterocycles. The number of thioether (sulfide) groups is 2. The van der Waals surface area contributed by atoms with Gasteiger partial charge in [0.1, 0.15) is 24.6 Å². The molecule has 22 heteroatoms. The summed E-state index contributed by atoms with van der Waals surface area (Å²) in [5.41, 5.74) is -9.63. The van der Waals surface area contributed by atoms with Crippen molar-refractivity contribution >= 4 is 35.3 Å². The fourth-order valence-electron chi connectivity index (χ4n) is 9.27. The highest BCUT2D eigenvalue weighted by Crippen LogP contribution is 2.36. The number of alkyl halides is 6. The van der Waals surface area contributed by atoms with Crippen LogP contribution in [-0.4, -0.2) is 102 Å². The van der Waals surface area contributed by atoms with Crippen LogP contribution in [0.3, 0.4) is 0 Å². The van der Waals surface area contributed by atoms with E-state index in [1.54, 1.807) is 0 Å². The van der Waals surface area contributed by atoms with Crippen LogP contribution in [0.5, 0.6) is 0 Å². The van der Waals surface area contributed by atoms with Crippen molar-refractivity contribution < 1.29 is 88.6 Å². The summed E-state index contributed by atoms with van der Waals surface area (Å²) in [6.45, 7) is -34.0. The summed E-state index contributed by atoms with van der Waals surface area (Å²) in [5.74, 6) is -8.55. The Hall–Kier alpha value is -7.92. The molecule has 2 aromatic heterocycles. The predicted molar refractivity (Wildman–Crippen MR) is 362 cm³/mol. The second kappa shape index (κ2) is 32.9. The lowest BCUT2D eigenvalue weighted by molar-refractivity contribution is -0.138. The quantitative estimate of drug-likeness (QED) is 0.0295. The van der Waals surface area contributed by atoms with Gasteiger partial charge in [-0.25, -0.2) is 8.78 Å². The SMILES string of the molecule is [2H]C([2H])(C)N(C([2H])([2H])C)C([2H])([2H])C([2H])([2H])N(Cc1ccc(-c2ccc(C(F)(F)F)cc2)cc1)C(=O)C([2H])([2H])n1c(SCc2ccc(F)cc2)nc(=O)c2c1C([2H])([2H])C([2H])(C)C2([2H])[2H].[2H]c1c([2H])c(-c2c([2H])c([2H])c(C(F)(F)F)c(C)c2[2H])c([2H])c([2H])c1CN(C(=O)C([2H])([2H])n1c(SCc2ccc(F)cc2)nc(=O)c2c1CCC2)C([2H])([2H])C([2H])([2H])N(C([2H])([2H])C)C([2H])([2H])C. The van der Waals surface area contributed by atoms with Gasteiger partial charge in [0.15, 0.2) is 10.3 Å². The number of rotatable bonds is 26. The zero-order valence-electron chi connectivity index (χ0n) is 83.7. The molecular weight excluding hydrogens is 1280 g/mol. The maximum atomic E-state index is 15.1. The molecule has 2 heterocycles. The smallest absolute Gasteiger partial charge is 0.336 e. The molecule has 1 atom stereocenters. The Kier molecular flexibility index (Phi) is 13.9. The Balaban J connectivity index is 0.000000289. The summed E-state index contributed by atoms with van der Waals surface area (Å²) < 4.78 is 391. The highest BCUT2D eigenvalue weighted by atomic mass is 32.2. The van der Waals surface area contributed by atoms with Crippen LogP contribution >= 0.6 is 23.5 Å². The molecule has 0 radical (unpaired) electrons. The lowest BCUT2D eigenvalue weighted by Crippen LogP contribution is -2.40. The lowest BCUT2D eigenvalue weighted by Gasteiger charge is -2.28. The van der Waals surface area contributed by atoms with Crippen LogP contribution in [0.15, 0.2) is 159 Å². The minimum atomic E-state index is -5.22. The maximum absolute atomic E-state index is 15.1. The van der Waals surface area contributed by atoms with Crippen molar-refractivity contribution in [2.45, 2.75) is 134 Å². The minimum absolute atomic E-state index is 0.0192. The van der Waals surface area contributed by atoms with Gasteiger partial charge < -0.3 is 28.7 Å². The number of aromatic nitrogens is 4. The van der Waals surface area contributed by atoms with Gasteiger partial charge in [-0.1, -0.05) is 155 Å². The fraction of sp³-hybridized carbons (Fsp3) is 0.378. The summed E-state index contributed by atoms with van der Waals surface area (Å²) in [6, 6.07) is 10.4. The molecule has 12 nitrogen and oxygen atoms in total. The van der Waals surface area contributed by atoms with Crippen molar-refractivity contribution in [2.75, 3.05) is 52.0 Å². The van der Waals surface area contributed by atoms with Gasteiger partial charge in [0, 0.05) is 96.4 Å². The number of hydrogen-bond acceptors (Lipinski definition) is 10. The number of carbonyl (C=O) groups is 2. The summed E-state index contributed by atoms with van der Waals surface area (Å²) >= 11 is 1.22. The number of carbonyl (C=O) groups excluding carboxylic acids is 2. The van der Waals surface area contributed by atoms with Gasteiger partial charge in [0.25, 0.3) is 11.1 Å². The molecule has 2 aliphatic rings. The molecule has 0 N–H and O–H groups in total. The van der Waals surface area contributed by atoms with Crippen molar-refractivity contribution in [2.24, 2.45) is 5.89 Å². The molecule has 2 aliphatic carbocycles. The van der Waals surface area contributed by atoms with Gasteiger partial charge in [0.2, 0.25) is 11.8 Å². The largest absolute Gasteiger partial charge is 0.416 e. The van der Waals surface area contributed by atoms with E-state index in [0.717, 1.165) is 50.2 Å². The Labute approximate surface area is 608 Å². The third-order valence-corrected chi connectivity index (χ3v) is 16.1. The van der Waals surface area contributed by atoms with E-state index >= 15 is 9.59 Å². The van der Waals surface area contributed by atoms with E-state index in [9.17, 15) is 55.7 Å². The highest BCUT2D eigenvalue weighted by molar-refractivity contribution is 7.98. The molecule has 508 valence electrons. The molecule has 96 heavy (non-hydrogen) atoms. The number of likely N-dealkylation sites (N-methyl/N-ethyl adjacent to an activating group) is 2. The second-order valence-electron chi connectivity index (χ2n) is 20.7. The summed E-state index contributed by atoms with van der Waals surface area (Å²) in [5, 5.41) is -1.25. The Morgan fingerprint density at radius 1 is 0.573 bits per heavy atom. The number of hydrogen-bond donors (Lipinski definition) is 0. The third-order valence-electron chi connectivity index (χ3n) is 14.1. The Morgan fingerprint density at radius 3 is 1.52 bits per heavy atom. The molecule has 0 fully saturated rings. The van der Waals surface area contributed by atoms with Crippen LogP contribution in [0.2, 0.25) is 0 Å². The van der Waals surface area contributed by atoms with E-state index in [1.165, 1.54) is 60.7 Å². The number of fused-ring (bicyclic) bond motifs is 2. The summed E-state index contributed by atoms with van der Waals surface area (Å²) in [4.78, 5) is 64.2. The summed E-state index contributed by atoms with van der Waals surface area (Å²) in [6.07, 6.45) is -16.0. The minimum Gasteiger partial charge on any atom is -0.336 e. The predicted octanol–water partition coefficient (Wildman–Crippen LogP) is 15.0. The fourth-order valence-corrected chi connectivity index (χ4v) is 11.1. The van der Waals surface area contributed by atoms with Gasteiger partial charge in [-0.15, -0.1) is 0 Å². The molecule has 10 rings (SSSR count). The van der Waals surface area contributed by atoms with Crippen molar-refractivity contribution in [3.8, 4) is 22.3 Å². The number of benzene rings is 6. The first-order chi connectivity index (χ1) is 57.9. The van der Waals surface area contributed by atoms with Gasteiger partial charge in [0.05, 0.1) is 31.7 Å². The molecule has 6 aromatic carbocycles. The van der Waals surface area contributed by atoms with E-state index < -0.39 is 241 Å². The zero-order valence-corrected chi connectivity index (χ0v) is 53.4. The molecular formula is C74H80F8N8O4S2. The van der Waals surface area contributed by atoms with E-state index in [4.69, 9.17) is 32.9 Å². The van der Waals surface area contributed by atoms with E-state index in [2.05, 4.69) is 9.97 Å². The van der Waals surface area contributed by atoms with Crippen molar-refractivity contribution in [3.63, 3.8) is 0 Å². The molecule has 0 aliphatic heterocycles. The average molecular weight is 1390 g/mol. The molecule has 2 amide bonds. The first kappa shape index (κ1) is 40.7. The molecule has 8 aromatic rings. The molecule has 0 spiro atoms. The van der Waals surface area contributed by atoms with Crippen LogP contribution < -0.4 is 11.1 Å². The molecule has 0 saturated carbocycles. The van der Waals surface area contributed by atoms with Crippen molar-refractivity contribution in [3.05, 3.63) is 233 Å². The topological polar surface area (TPSA) is 117 Å². The normalized spacial score (nSPS) is 21.8. The highest BCUT2D eigenvalue weighted by Gasteiger charge is 2.34. The van der Waals surface area contributed by atoms with Crippen LogP contribution in [0, 0.1) is 24.5 Å². The number of amides is 2. The number of nitrogens with zero attached hydrogens (tertiary/aromatic N) is 8. The van der Waals surface area contributed by atoms with Crippen molar-refractivity contribution in [1.29, 1.82) is 0 Å². The zero-order chi connectivity index (χ0) is 97.4. The van der Waals surface area contributed by atoms with Crippen molar-refractivity contribution in [1.82, 2.24) is 38.7 Å². The lowest BCUT2D eigenvalue weighted by atomic mass is 9.98. The average Bonchev–Trinajstić information content (AvgIpc) is 1.60. The molecule has 1 unspecified atom stereocenters. The van der Waals surface area contributed by atoms with E-state index in [0.29, 0.717) is 72.5 Å². The van der Waals surface area contributed by atoms with Crippen LogP contribution in [0.25, 0.3) is 22.3 Å². The van der Waals surface area contributed by atoms with Gasteiger partial charge in [-0.2, -0.15) is 36.3 Å². The van der Waals surface area contributed by atoms with E-state index in [-0.39, 0.29) is 77.3 Å². The Bertz CT molecular complexity index is 5650. The Morgan fingerprint density at radius 2 is 1.03 bits per heavy atom. The third kappa shape index (κ3) is 19.0. The first-order valence-electron chi connectivity index (χ1n) is 44.8. The van der Waals surface area contributed by atoms with Gasteiger partial charge >= 0.3 is 12.4 Å². The summed E-state index contributed by atoms with van der Waals surface area (Å²) in [7, 11) is 0. The van der Waals surface area contributed by atoms with Crippen LogP contribution in [0.1, 0.15) is 146 Å². The maximum Gasteiger partial charge on any atom is 0.416 e. The van der Waals surface area contributed by atoms with E-state index in [1.807, 2.05) is 0 Å². The number of halogens is 8.